The molecular formula is C13H15BrF2N4. The predicted molar refractivity (Wildman–Crippen MR) is 79.0 cm³/mol. The van der Waals surface area contributed by atoms with Crippen LogP contribution in [0.5, 0.6) is 0 Å². The van der Waals surface area contributed by atoms with E-state index in [-0.39, 0.29) is 10.2 Å². The molecule has 1 aromatic carbocycles. The first kappa shape index (κ1) is 14.8. The molecule has 2 aromatic rings. The fourth-order valence-electron chi connectivity index (χ4n) is 1.91. The van der Waals surface area contributed by atoms with Crippen LogP contribution in [0.3, 0.4) is 0 Å². The van der Waals surface area contributed by atoms with Crippen LogP contribution in [0, 0.1) is 11.6 Å². The molecule has 0 bridgehead atoms. The van der Waals surface area contributed by atoms with Crippen molar-refractivity contribution in [3.8, 4) is 0 Å². The van der Waals surface area contributed by atoms with Gasteiger partial charge in [0, 0.05) is 13.1 Å². The Balaban J connectivity index is 2.37. The molecular weight excluding hydrogens is 330 g/mol. The van der Waals surface area contributed by atoms with E-state index in [1.165, 1.54) is 6.07 Å². The molecule has 0 aliphatic rings. The van der Waals surface area contributed by atoms with Crippen molar-refractivity contribution in [1.29, 1.82) is 0 Å². The van der Waals surface area contributed by atoms with Gasteiger partial charge in [-0.05, 0) is 28.4 Å². The monoisotopic (exact) mass is 344 g/mol. The average Bonchev–Trinajstić information content (AvgIpc) is 2.64. The first-order chi connectivity index (χ1) is 9.43. The van der Waals surface area contributed by atoms with Crippen molar-refractivity contribution in [1.82, 2.24) is 9.78 Å². The quantitative estimate of drug-likeness (QED) is 0.830. The lowest BCUT2D eigenvalue weighted by Crippen LogP contribution is -2.03. The molecule has 3 N–H and O–H groups in total. The van der Waals surface area contributed by atoms with Gasteiger partial charge in [0.1, 0.15) is 11.6 Å². The summed E-state index contributed by atoms with van der Waals surface area (Å²) in [4.78, 5) is 0. The van der Waals surface area contributed by atoms with Crippen LogP contribution in [0.1, 0.15) is 19.0 Å². The molecule has 0 saturated carbocycles. The summed E-state index contributed by atoms with van der Waals surface area (Å²) in [5.74, 6) is -0.855. The van der Waals surface area contributed by atoms with Crippen LogP contribution in [-0.4, -0.2) is 9.78 Å². The van der Waals surface area contributed by atoms with Crippen molar-refractivity contribution in [2.75, 3.05) is 11.1 Å². The van der Waals surface area contributed by atoms with Gasteiger partial charge in [-0.15, -0.1) is 0 Å². The summed E-state index contributed by atoms with van der Waals surface area (Å²) in [6, 6.07) is 2.14. The summed E-state index contributed by atoms with van der Waals surface area (Å²) in [6.07, 6.45) is 1.66. The maximum Gasteiger partial charge on any atom is 0.152 e. The number of nitrogens with one attached hydrogen (secondary N) is 1. The molecule has 0 radical (unpaired) electrons. The van der Waals surface area contributed by atoms with Crippen molar-refractivity contribution in [3.63, 3.8) is 0 Å². The third kappa shape index (κ3) is 2.77. The zero-order valence-corrected chi connectivity index (χ0v) is 12.8. The molecule has 4 nitrogen and oxygen atoms in total. The number of aromatic nitrogens is 2. The number of benzene rings is 1. The summed E-state index contributed by atoms with van der Waals surface area (Å²) in [7, 11) is 1.72. The number of nitrogens with two attached hydrogens (primary N) is 1. The minimum Gasteiger partial charge on any atom is -0.394 e. The van der Waals surface area contributed by atoms with E-state index in [1.54, 1.807) is 11.7 Å². The van der Waals surface area contributed by atoms with E-state index < -0.39 is 11.6 Å². The summed E-state index contributed by atoms with van der Waals surface area (Å²) in [6.45, 7) is 2.03. The summed E-state index contributed by atoms with van der Waals surface area (Å²) in [5, 5.41) is 7.15. The zero-order valence-electron chi connectivity index (χ0n) is 11.2. The molecule has 0 atom stereocenters. The van der Waals surface area contributed by atoms with Crippen LogP contribution in [0.2, 0.25) is 0 Å². The highest BCUT2D eigenvalue weighted by Gasteiger charge is 2.15. The van der Waals surface area contributed by atoms with Crippen molar-refractivity contribution < 1.29 is 8.78 Å². The molecule has 0 aliphatic carbocycles. The number of nitrogen functional groups attached to an aromatic ring is 1. The van der Waals surface area contributed by atoms with Crippen LogP contribution in [0.25, 0.3) is 0 Å². The van der Waals surface area contributed by atoms with Crippen molar-refractivity contribution in [2.24, 2.45) is 7.05 Å². The molecule has 7 heteroatoms. The molecule has 1 aromatic heterocycles. The van der Waals surface area contributed by atoms with E-state index >= 15 is 0 Å². The van der Waals surface area contributed by atoms with Crippen LogP contribution in [0.4, 0.5) is 26.0 Å². The number of hydrogen-bond donors (Lipinski definition) is 2. The van der Waals surface area contributed by atoms with Crippen LogP contribution in [0.15, 0.2) is 16.6 Å². The number of hydrogen-bond acceptors (Lipinski definition) is 3. The number of nitrogens with zero attached hydrogens (tertiary/aromatic N) is 2. The number of rotatable bonds is 4. The predicted octanol–water partition coefficient (Wildman–Crippen LogP) is 3.74. The number of halogens is 3. The fraction of sp³-hybridized carbons (Fsp3) is 0.308. The van der Waals surface area contributed by atoms with Gasteiger partial charge >= 0.3 is 0 Å². The Bertz CT molecular complexity index is 640. The second-order valence-electron chi connectivity index (χ2n) is 4.45. The summed E-state index contributed by atoms with van der Waals surface area (Å²) < 4.78 is 28.7. The standard InChI is InChI=1S/C13H15BrF2N4/c1-3-4-10-12(17)13(20(2)19-10)18-11-5-7(14)8(15)6-9(11)16/h5-6,18H,3-4,17H2,1-2H3. The Morgan fingerprint density at radius 1 is 1.35 bits per heavy atom. The van der Waals surface area contributed by atoms with Gasteiger partial charge in [0.2, 0.25) is 0 Å². The first-order valence-corrected chi connectivity index (χ1v) is 6.96. The highest BCUT2D eigenvalue weighted by molar-refractivity contribution is 9.10. The maximum absolute atomic E-state index is 13.7. The van der Waals surface area contributed by atoms with Crippen molar-refractivity contribution in [2.45, 2.75) is 19.8 Å². The normalized spacial score (nSPS) is 10.8. The molecule has 20 heavy (non-hydrogen) atoms. The molecule has 1 heterocycles. The third-order valence-corrected chi connectivity index (χ3v) is 3.52. The minimum atomic E-state index is -0.691. The van der Waals surface area contributed by atoms with E-state index in [0.717, 1.165) is 24.6 Å². The number of anilines is 3. The van der Waals surface area contributed by atoms with Gasteiger partial charge in [0.25, 0.3) is 0 Å². The molecule has 108 valence electrons. The molecule has 0 spiro atoms. The maximum atomic E-state index is 13.7. The lowest BCUT2D eigenvalue weighted by Gasteiger charge is -2.09. The van der Waals surface area contributed by atoms with Gasteiger partial charge in [-0.3, -0.25) is 4.68 Å². The lowest BCUT2D eigenvalue weighted by atomic mass is 10.2. The molecule has 2 rings (SSSR count). The Labute approximate surface area is 124 Å². The molecule has 0 unspecified atom stereocenters. The van der Waals surface area contributed by atoms with Crippen molar-refractivity contribution in [3.05, 3.63) is 33.9 Å². The Kier molecular flexibility index (Phi) is 4.27. The van der Waals surface area contributed by atoms with Gasteiger partial charge < -0.3 is 11.1 Å². The van der Waals surface area contributed by atoms with Gasteiger partial charge in [-0.2, -0.15) is 5.10 Å². The second kappa shape index (κ2) is 5.78. The zero-order chi connectivity index (χ0) is 14.9. The molecule has 0 aliphatic heterocycles. The molecule has 0 saturated heterocycles. The molecule has 0 fully saturated rings. The van der Waals surface area contributed by atoms with E-state index in [0.29, 0.717) is 11.5 Å². The Hall–Kier alpha value is -1.63. The second-order valence-corrected chi connectivity index (χ2v) is 5.31. The van der Waals surface area contributed by atoms with Crippen LogP contribution >= 0.6 is 15.9 Å². The van der Waals surface area contributed by atoms with E-state index in [9.17, 15) is 8.78 Å². The highest BCUT2D eigenvalue weighted by Crippen LogP contribution is 2.30. The van der Waals surface area contributed by atoms with Crippen LogP contribution < -0.4 is 11.1 Å². The highest BCUT2D eigenvalue weighted by atomic mass is 79.9. The minimum absolute atomic E-state index is 0.135. The SMILES string of the molecule is CCCc1nn(C)c(Nc2cc(Br)c(F)cc2F)c1N. The Morgan fingerprint density at radius 3 is 2.70 bits per heavy atom. The largest absolute Gasteiger partial charge is 0.394 e. The Morgan fingerprint density at radius 2 is 2.05 bits per heavy atom. The topological polar surface area (TPSA) is 55.9 Å². The molecule has 0 amide bonds. The van der Waals surface area contributed by atoms with E-state index in [4.69, 9.17) is 5.73 Å². The van der Waals surface area contributed by atoms with Crippen molar-refractivity contribution >= 4 is 33.1 Å². The van der Waals surface area contributed by atoms with E-state index in [1.807, 2.05) is 6.92 Å². The van der Waals surface area contributed by atoms with E-state index in [2.05, 4.69) is 26.3 Å². The lowest BCUT2D eigenvalue weighted by molar-refractivity contribution is 0.581. The smallest absolute Gasteiger partial charge is 0.152 e. The van der Waals surface area contributed by atoms with Crippen LogP contribution in [-0.2, 0) is 13.5 Å². The summed E-state index contributed by atoms with van der Waals surface area (Å²) >= 11 is 3.03. The average molecular weight is 345 g/mol. The van der Waals surface area contributed by atoms with Gasteiger partial charge in [-0.1, -0.05) is 13.3 Å². The first-order valence-electron chi connectivity index (χ1n) is 6.17. The summed E-state index contributed by atoms with van der Waals surface area (Å²) in [5.41, 5.74) is 7.38. The van der Waals surface area contributed by atoms with Gasteiger partial charge in [0.15, 0.2) is 5.82 Å². The van der Waals surface area contributed by atoms with Gasteiger partial charge in [0.05, 0.1) is 21.5 Å². The number of aryl methyl sites for hydroxylation is 2. The third-order valence-electron chi connectivity index (χ3n) is 2.91. The van der Waals surface area contributed by atoms with Gasteiger partial charge in [-0.25, -0.2) is 8.78 Å². The fourth-order valence-corrected chi connectivity index (χ4v) is 2.25.